The maximum atomic E-state index is 13.0. The van der Waals surface area contributed by atoms with Gasteiger partial charge in [0.05, 0.1) is 12.7 Å². The highest BCUT2D eigenvalue weighted by atomic mass is 16.6. The molecule has 1 aromatic carbocycles. The van der Waals surface area contributed by atoms with E-state index in [1.807, 2.05) is 26.8 Å². The Labute approximate surface area is 168 Å². The number of benzene rings is 1. The molecule has 154 valence electrons. The summed E-state index contributed by atoms with van der Waals surface area (Å²) in [6, 6.07) is 5.82. The minimum Gasteiger partial charge on any atom is -0.496 e. The van der Waals surface area contributed by atoms with Crippen molar-refractivity contribution >= 4 is 11.9 Å². The lowest BCUT2D eigenvalue weighted by Gasteiger charge is -2.31. The van der Waals surface area contributed by atoms with Crippen LogP contribution >= 0.6 is 0 Å². The zero-order chi connectivity index (χ0) is 20.3. The normalized spacial score (nSPS) is 21.1. The number of esters is 1. The van der Waals surface area contributed by atoms with Gasteiger partial charge in [-0.2, -0.15) is 0 Å². The molecule has 1 saturated carbocycles. The number of likely N-dealkylation sites (tertiary alicyclic amines) is 1. The fraction of sp³-hybridized carbons (Fsp3) is 0.652. The van der Waals surface area contributed by atoms with Crippen molar-refractivity contribution in [2.75, 3.05) is 13.7 Å². The van der Waals surface area contributed by atoms with Crippen LogP contribution in [0.15, 0.2) is 18.2 Å². The predicted molar refractivity (Wildman–Crippen MR) is 109 cm³/mol. The molecular formula is C23H33NO4. The van der Waals surface area contributed by atoms with Gasteiger partial charge in [-0.1, -0.05) is 25.3 Å². The van der Waals surface area contributed by atoms with Gasteiger partial charge >= 0.3 is 5.97 Å². The average molecular weight is 388 g/mol. The first kappa shape index (κ1) is 20.7. The molecule has 5 nitrogen and oxygen atoms in total. The number of ether oxygens (including phenoxy) is 2. The Morgan fingerprint density at radius 2 is 1.86 bits per heavy atom. The molecule has 1 aliphatic carbocycles. The summed E-state index contributed by atoms with van der Waals surface area (Å²) in [7, 11) is 1.60. The first-order valence-electron chi connectivity index (χ1n) is 10.5. The van der Waals surface area contributed by atoms with Gasteiger partial charge in [-0.05, 0) is 64.2 Å². The van der Waals surface area contributed by atoms with E-state index < -0.39 is 5.60 Å². The molecule has 0 N–H and O–H groups in total. The third kappa shape index (κ3) is 4.86. The van der Waals surface area contributed by atoms with Gasteiger partial charge < -0.3 is 14.4 Å². The Bertz CT molecular complexity index is 716. The minimum absolute atomic E-state index is 0.00297. The number of carbonyl (C=O) groups is 2. The van der Waals surface area contributed by atoms with Crippen LogP contribution in [0.25, 0.3) is 0 Å². The first-order chi connectivity index (χ1) is 13.3. The minimum atomic E-state index is -0.540. The number of hydrogen-bond acceptors (Lipinski definition) is 4. The Hall–Kier alpha value is -2.04. The second kappa shape index (κ2) is 8.54. The van der Waals surface area contributed by atoms with E-state index in [0.717, 1.165) is 31.4 Å². The highest BCUT2D eigenvalue weighted by molar-refractivity contribution is 5.90. The van der Waals surface area contributed by atoms with Gasteiger partial charge in [-0.15, -0.1) is 0 Å². The fourth-order valence-electron chi connectivity index (χ4n) is 4.35. The van der Waals surface area contributed by atoms with E-state index in [1.54, 1.807) is 19.2 Å². The maximum Gasteiger partial charge on any atom is 0.338 e. The van der Waals surface area contributed by atoms with Crippen LogP contribution in [0.4, 0.5) is 0 Å². The summed E-state index contributed by atoms with van der Waals surface area (Å²) in [5.41, 5.74) is 0.901. The summed E-state index contributed by atoms with van der Waals surface area (Å²) in [6.45, 7) is 6.41. The summed E-state index contributed by atoms with van der Waals surface area (Å²) >= 11 is 0. The van der Waals surface area contributed by atoms with Crippen LogP contribution in [0.5, 0.6) is 5.75 Å². The first-order valence-corrected chi connectivity index (χ1v) is 10.5. The molecule has 1 heterocycles. The second-order valence-electron chi connectivity index (χ2n) is 9.04. The molecule has 5 heteroatoms. The zero-order valence-corrected chi connectivity index (χ0v) is 17.6. The van der Waals surface area contributed by atoms with Crippen molar-refractivity contribution in [2.45, 2.75) is 77.4 Å². The molecule has 0 radical (unpaired) electrons. The summed E-state index contributed by atoms with van der Waals surface area (Å²) in [6.07, 6.45) is 7.60. The third-order valence-corrected chi connectivity index (χ3v) is 5.75. The molecule has 28 heavy (non-hydrogen) atoms. The van der Waals surface area contributed by atoms with Crippen LogP contribution in [0.1, 0.15) is 75.2 Å². The number of carbonyl (C=O) groups excluding carboxylic acids is 2. The molecule has 3 rings (SSSR count). The van der Waals surface area contributed by atoms with Crippen LogP contribution in [0.3, 0.4) is 0 Å². The van der Waals surface area contributed by atoms with Gasteiger partial charge in [0.15, 0.2) is 0 Å². The van der Waals surface area contributed by atoms with Crippen molar-refractivity contribution in [3.8, 4) is 5.75 Å². The highest BCUT2D eigenvalue weighted by Crippen LogP contribution is 2.32. The van der Waals surface area contributed by atoms with Crippen molar-refractivity contribution in [1.29, 1.82) is 0 Å². The quantitative estimate of drug-likeness (QED) is 0.704. The van der Waals surface area contributed by atoms with E-state index in [1.165, 1.54) is 19.3 Å². The standard InChI is InChI=1S/C23H33NO4/c1-23(2,3)28-22(26)18-11-10-16(20(15-18)27-4)14-17-12-13-24(21(17)25)19-8-6-5-7-9-19/h10-11,15,17,19H,5-9,12-14H2,1-4H3. The maximum absolute atomic E-state index is 13.0. The number of methoxy groups -OCH3 is 1. The molecule has 0 bridgehead atoms. The molecule has 2 fully saturated rings. The molecule has 0 spiro atoms. The molecule has 1 amide bonds. The summed E-state index contributed by atoms with van der Waals surface area (Å²) in [5.74, 6) is 0.568. The Morgan fingerprint density at radius 1 is 1.14 bits per heavy atom. The van der Waals surface area contributed by atoms with E-state index >= 15 is 0 Å². The third-order valence-electron chi connectivity index (χ3n) is 5.75. The van der Waals surface area contributed by atoms with E-state index in [4.69, 9.17) is 9.47 Å². The van der Waals surface area contributed by atoms with Crippen LogP contribution in [-0.4, -0.2) is 42.1 Å². The molecule has 1 aromatic rings. The number of rotatable bonds is 5. The number of hydrogen-bond donors (Lipinski definition) is 0. The van der Waals surface area contributed by atoms with Gasteiger partial charge in [0.25, 0.3) is 0 Å². The summed E-state index contributed by atoms with van der Waals surface area (Å²) in [4.78, 5) is 27.4. The molecular weight excluding hydrogens is 354 g/mol. The van der Waals surface area contributed by atoms with Crippen molar-refractivity contribution in [3.05, 3.63) is 29.3 Å². The smallest absolute Gasteiger partial charge is 0.338 e. The second-order valence-corrected chi connectivity index (χ2v) is 9.04. The molecule has 1 aliphatic heterocycles. The van der Waals surface area contributed by atoms with Crippen LogP contribution in [0, 0.1) is 5.92 Å². The van der Waals surface area contributed by atoms with Crippen molar-refractivity contribution in [3.63, 3.8) is 0 Å². The van der Waals surface area contributed by atoms with Gasteiger partial charge in [0.1, 0.15) is 11.4 Å². The van der Waals surface area contributed by atoms with Gasteiger partial charge in [0.2, 0.25) is 5.91 Å². The van der Waals surface area contributed by atoms with E-state index in [-0.39, 0.29) is 17.8 Å². The molecule has 1 unspecified atom stereocenters. The van der Waals surface area contributed by atoms with Gasteiger partial charge in [0, 0.05) is 18.5 Å². The molecule has 0 aromatic heterocycles. The lowest BCUT2D eigenvalue weighted by Crippen LogP contribution is -2.39. The highest BCUT2D eigenvalue weighted by Gasteiger charge is 2.36. The van der Waals surface area contributed by atoms with Crippen LogP contribution in [-0.2, 0) is 16.0 Å². The number of amides is 1. The summed E-state index contributed by atoms with van der Waals surface area (Å²) < 4.78 is 11.0. The largest absolute Gasteiger partial charge is 0.496 e. The summed E-state index contributed by atoms with van der Waals surface area (Å²) in [5, 5.41) is 0. The topological polar surface area (TPSA) is 55.8 Å². The zero-order valence-electron chi connectivity index (χ0n) is 17.6. The fourth-order valence-corrected chi connectivity index (χ4v) is 4.35. The number of nitrogens with zero attached hydrogens (tertiary/aromatic N) is 1. The van der Waals surface area contributed by atoms with E-state index in [0.29, 0.717) is 23.8 Å². The average Bonchev–Trinajstić information content (AvgIpc) is 3.02. The Kier molecular flexibility index (Phi) is 6.31. The monoisotopic (exact) mass is 387 g/mol. The predicted octanol–water partition coefficient (Wildman–Crippen LogP) is 4.37. The lowest BCUT2D eigenvalue weighted by atomic mass is 9.93. The van der Waals surface area contributed by atoms with Crippen molar-refractivity contribution in [1.82, 2.24) is 4.90 Å². The molecule has 1 atom stereocenters. The van der Waals surface area contributed by atoms with E-state index in [2.05, 4.69) is 4.90 Å². The van der Waals surface area contributed by atoms with Crippen LogP contribution < -0.4 is 4.74 Å². The Morgan fingerprint density at radius 3 is 2.50 bits per heavy atom. The van der Waals surface area contributed by atoms with Crippen molar-refractivity contribution < 1.29 is 19.1 Å². The van der Waals surface area contributed by atoms with Gasteiger partial charge in [-0.25, -0.2) is 4.79 Å². The van der Waals surface area contributed by atoms with Crippen LogP contribution in [0.2, 0.25) is 0 Å². The Balaban J connectivity index is 1.68. The molecule has 1 saturated heterocycles. The lowest BCUT2D eigenvalue weighted by molar-refractivity contribution is -0.133. The van der Waals surface area contributed by atoms with E-state index in [9.17, 15) is 9.59 Å². The van der Waals surface area contributed by atoms with Crippen molar-refractivity contribution in [2.24, 2.45) is 5.92 Å². The van der Waals surface area contributed by atoms with Gasteiger partial charge in [-0.3, -0.25) is 4.79 Å². The SMILES string of the molecule is COc1cc(C(=O)OC(C)(C)C)ccc1CC1CCN(C2CCCCC2)C1=O. The molecule has 2 aliphatic rings.